The minimum absolute atomic E-state index is 0.0687. The van der Waals surface area contributed by atoms with Gasteiger partial charge in [-0.15, -0.1) is 0 Å². The topological polar surface area (TPSA) is 58.2 Å². The van der Waals surface area contributed by atoms with E-state index in [1.165, 1.54) is 0 Å². The molecule has 0 bridgehead atoms. The van der Waals surface area contributed by atoms with Gasteiger partial charge in [0, 0.05) is 11.4 Å². The zero-order chi connectivity index (χ0) is 17.1. The number of para-hydroxylation sites is 2. The zero-order valence-corrected chi connectivity index (χ0v) is 14.0. The maximum atomic E-state index is 12.4. The van der Waals surface area contributed by atoms with Gasteiger partial charge in [0.15, 0.2) is 0 Å². The number of rotatable bonds is 5. The van der Waals surface area contributed by atoms with Crippen LogP contribution in [0.1, 0.15) is 24.5 Å². The number of benzene rings is 2. The minimum atomic E-state index is -0.238. The second-order valence-electron chi connectivity index (χ2n) is 6.25. The van der Waals surface area contributed by atoms with Crippen molar-refractivity contribution in [3.63, 3.8) is 0 Å². The summed E-state index contributed by atoms with van der Waals surface area (Å²) in [6, 6.07) is 15.4. The molecule has 1 saturated carbocycles. The molecule has 4 heteroatoms. The summed E-state index contributed by atoms with van der Waals surface area (Å²) in [6.07, 6.45) is 1.47. The monoisotopic (exact) mass is 322 g/mol. The molecule has 2 aromatic rings. The Kier molecular flexibility index (Phi) is 4.65. The molecule has 0 saturated heterocycles. The van der Waals surface area contributed by atoms with Crippen LogP contribution in [-0.4, -0.2) is 11.8 Å². The molecule has 4 nitrogen and oxygen atoms in total. The molecule has 0 aromatic heterocycles. The first-order valence-electron chi connectivity index (χ1n) is 8.35. The van der Waals surface area contributed by atoms with Crippen LogP contribution in [0, 0.1) is 18.8 Å². The number of amides is 2. The fourth-order valence-electron chi connectivity index (χ4n) is 2.89. The minimum Gasteiger partial charge on any atom is -0.326 e. The Labute approximate surface area is 142 Å². The highest BCUT2D eigenvalue weighted by atomic mass is 16.2. The molecule has 1 aliphatic carbocycles. The summed E-state index contributed by atoms with van der Waals surface area (Å²) in [5.74, 6) is -0.619. The molecule has 0 aliphatic heterocycles. The third-order valence-electron chi connectivity index (χ3n) is 4.52. The van der Waals surface area contributed by atoms with Gasteiger partial charge in [-0.25, -0.2) is 0 Å². The fourth-order valence-corrected chi connectivity index (χ4v) is 2.89. The molecule has 2 atom stereocenters. The molecule has 2 aromatic carbocycles. The molecule has 2 N–H and O–H groups in total. The van der Waals surface area contributed by atoms with E-state index in [2.05, 4.69) is 17.6 Å². The maximum absolute atomic E-state index is 12.4. The van der Waals surface area contributed by atoms with Crippen LogP contribution in [0.15, 0.2) is 48.5 Å². The van der Waals surface area contributed by atoms with Crippen molar-refractivity contribution in [2.24, 2.45) is 11.8 Å². The first-order valence-corrected chi connectivity index (χ1v) is 8.35. The van der Waals surface area contributed by atoms with E-state index in [4.69, 9.17) is 0 Å². The molecule has 2 unspecified atom stereocenters. The lowest BCUT2D eigenvalue weighted by atomic mass is 10.1. The quantitative estimate of drug-likeness (QED) is 0.880. The Morgan fingerprint density at radius 3 is 2.08 bits per heavy atom. The highest BCUT2D eigenvalue weighted by molar-refractivity contribution is 6.03. The Hall–Kier alpha value is -2.62. The van der Waals surface area contributed by atoms with Crippen molar-refractivity contribution < 1.29 is 9.59 Å². The summed E-state index contributed by atoms with van der Waals surface area (Å²) in [5, 5.41) is 5.89. The van der Waals surface area contributed by atoms with Gasteiger partial charge in [0.2, 0.25) is 11.8 Å². The van der Waals surface area contributed by atoms with Crippen LogP contribution in [0.4, 0.5) is 11.4 Å². The van der Waals surface area contributed by atoms with Crippen molar-refractivity contribution >= 4 is 23.2 Å². The Morgan fingerprint density at radius 1 is 0.917 bits per heavy atom. The van der Waals surface area contributed by atoms with Crippen LogP contribution in [0.5, 0.6) is 0 Å². The average molecular weight is 322 g/mol. The molecule has 3 rings (SSSR count). The third-order valence-corrected chi connectivity index (χ3v) is 4.52. The molecule has 0 radical (unpaired) electrons. The summed E-state index contributed by atoms with van der Waals surface area (Å²) in [4.78, 5) is 24.7. The predicted molar refractivity (Wildman–Crippen MR) is 95.9 cm³/mol. The average Bonchev–Trinajstić information content (AvgIpc) is 3.38. The van der Waals surface area contributed by atoms with Crippen LogP contribution in [0.2, 0.25) is 0 Å². The van der Waals surface area contributed by atoms with Crippen LogP contribution < -0.4 is 10.6 Å². The van der Waals surface area contributed by atoms with E-state index in [1.54, 1.807) is 0 Å². The van der Waals surface area contributed by atoms with Gasteiger partial charge in [-0.3, -0.25) is 9.59 Å². The van der Waals surface area contributed by atoms with Crippen molar-refractivity contribution in [1.82, 2.24) is 0 Å². The number of aryl methyl sites for hydroxylation is 2. The number of carbonyl (C=O) groups excluding carboxylic acids is 2. The Balaban J connectivity index is 1.59. The molecule has 1 aliphatic rings. The first-order chi connectivity index (χ1) is 11.6. The number of anilines is 2. The van der Waals surface area contributed by atoms with Crippen molar-refractivity contribution in [3.8, 4) is 0 Å². The second kappa shape index (κ2) is 6.87. The molecule has 124 valence electrons. The van der Waals surface area contributed by atoms with E-state index in [0.717, 1.165) is 28.9 Å². The number of carbonyl (C=O) groups is 2. The largest absolute Gasteiger partial charge is 0.326 e. The lowest BCUT2D eigenvalue weighted by Gasteiger charge is -2.10. The Morgan fingerprint density at radius 2 is 1.46 bits per heavy atom. The molecular weight excluding hydrogens is 300 g/mol. The van der Waals surface area contributed by atoms with Crippen LogP contribution in [0.25, 0.3) is 0 Å². The van der Waals surface area contributed by atoms with Gasteiger partial charge in [0.1, 0.15) is 0 Å². The summed E-state index contributed by atoms with van der Waals surface area (Å²) in [5.41, 5.74) is 3.77. The van der Waals surface area contributed by atoms with Gasteiger partial charge in [-0.1, -0.05) is 43.3 Å². The maximum Gasteiger partial charge on any atom is 0.228 e. The zero-order valence-electron chi connectivity index (χ0n) is 14.0. The summed E-state index contributed by atoms with van der Waals surface area (Å²) in [6.45, 7) is 4.01. The van der Waals surface area contributed by atoms with Crippen molar-refractivity contribution in [2.45, 2.75) is 26.7 Å². The van der Waals surface area contributed by atoms with Gasteiger partial charge in [0.25, 0.3) is 0 Å². The number of nitrogens with one attached hydrogen (secondary N) is 2. The highest BCUT2D eigenvalue weighted by Gasteiger charge is 2.48. The van der Waals surface area contributed by atoms with Crippen molar-refractivity contribution in [1.29, 1.82) is 0 Å². The van der Waals surface area contributed by atoms with Gasteiger partial charge in [0.05, 0.1) is 11.8 Å². The van der Waals surface area contributed by atoms with Gasteiger partial charge in [-0.2, -0.15) is 0 Å². The van der Waals surface area contributed by atoms with Crippen LogP contribution in [0.3, 0.4) is 0 Å². The molecule has 0 spiro atoms. The van der Waals surface area contributed by atoms with Crippen LogP contribution >= 0.6 is 0 Å². The summed E-state index contributed by atoms with van der Waals surface area (Å²) < 4.78 is 0. The second-order valence-corrected chi connectivity index (χ2v) is 6.25. The van der Waals surface area contributed by atoms with Crippen LogP contribution in [-0.2, 0) is 16.0 Å². The molecule has 24 heavy (non-hydrogen) atoms. The molecule has 0 heterocycles. The van der Waals surface area contributed by atoms with E-state index < -0.39 is 0 Å². The van der Waals surface area contributed by atoms with Crippen molar-refractivity contribution in [3.05, 3.63) is 59.7 Å². The van der Waals surface area contributed by atoms with E-state index in [0.29, 0.717) is 6.42 Å². The smallest absolute Gasteiger partial charge is 0.228 e. The fraction of sp³-hybridized carbons (Fsp3) is 0.300. The lowest BCUT2D eigenvalue weighted by molar-refractivity contribution is -0.122. The first kappa shape index (κ1) is 16.2. The predicted octanol–water partition coefficient (Wildman–Crippen LogP) is 3.77. The SMILES string of the molecule is CCc1ccccc1NC(=O)C1CC1C(=O)Nc1ccccc1C. The highest BCUT2D eigenvalue weighted by Crippen LogP contribution is 2.40. The van der Waals surface area contributed by atoms with Gasteiger partial charge >= 0.3 is 0 Å². The van der Waals surface area contributed by atoms with E-state index in [9.17, 15) is 9.59 Å². The number of hydrogen-bond acceptors (Lipinski definition) is 2. The van der Waals surface area contributed by atoms with Crippen molar-refractivity contribution in [2.75, 3.05) is 10.6 Å². The standard InChI is InChI=1S/C20H22N2O2/c1-3-14-9-5-7-11-18(14)22-20(24)16-12-15(16)19(23)21-17-10-6-4-8-13(17)2/h4-11,15-16H,3,12H2,1-2H3,(H,21,23)(H,22,24). The van der Waals surface area contributed by atoms with Gasteiger partial charge < -0.3 is 10.6 Å². The third kappa shape index (κ3) is 3.48. The normalized spacial score (nSPS) is 18.8. The van der Waals surface area contributed by atoms with E-state index in [1.807, 2.05) is 55.5 Å². The summed E-state index contributed by atoms with van der Waals surface area (Å²) >= 11 is 0. The molecular formula is C20H22N2O2. The molecule has 1 fully saturated rings. The van der Waals surface area contributed by atoms with E-state index >= 15 is 0 Å². The van der Waals surface area contributed by atoms with E-state index in [-0.39, 0.29) is 23.7 Å². The lowest BCUT2D eigenvalue weighted by Crippen LogP contribution is -2.21. The van der Waals surface area contributed by atoms with Gasteiger partial charge in [-0.05, 0) is 43.0 Å². The molecule has 2 amide bonds. The summed E-state index contributed by atoms with van der Waals surface area (Å²) in [7, 11) is 0. The Bertz CT molecular complexity index is 770. The number of hydrogen-bond donors (Lipinski definition) is 2.